The Balaban J connectivity index is 1.41. The second kappa shape index (κ2) is 6.24. The lowest BCUT2D eigenvalue weighted by atomic mass is 9.89. The molecular formula is C17H20N4O3. The Labute approximate surface area is 140 Å². The standard InChI is InChI=1S/C17H20N4O3/c22-15(14-3-1-11-23-14)20-8-4-17(5-9-20)13-21(10-12-24-17)16-18-6-2-7-19-16/h1-3,6-7,11H,4-5,8-10,12-13H2. The summed E-state index contributed by atoms with van der Waals surface area (Å²) in [7, 11) is 0. The van der Waals surface area contributed by atoms with Crippen LogP contribution in [0, 0.1) is 0 Å². The van der Waals surface area contributed by atoms with E-state index in [2.05, 4.69) is 14.9 Å². The van der Waals surface area contributed by atoms with Gasteiger partial charge in [0, 0.05) is 32.0 Å². The third-order valence-corrected chi connectivity index (χ3v) is 4.78. The summed E-state index contributed by atoms with van der Waals surface area (Å²) >= 11 is 0. The average molecular weight is 328 g/mol. The number of likely N-dealkylation sites (tertiary alicyclic amines) is 1. The molecule has 0 aliphatic carbocycles. The molecular weight excluding hydrogens is 308 g/mol. The largest absolute Gasteiger partial charge is 0.459 e. The van der Waals surface area contributed by atoms with Crippen LogP contribution in [-0.4, -0.2) is 59.2 Å². The number of anilines is 1. The highest BCUT2D eigenvalue weighted by molar-refractivity contribution is 5.91. The summed E-state index contributed by atoms with van der Waals surface area (Å²) in [5.74, 6) is 1.10. The third-order valence-electron chi connectivity index (χ3n) is 4.78. The van der Waals surface area contributed by atoms with Crippen molar-refractivity contribution in [3.63, 3.8) is 0 Å². The van der Waals surface area contributed by atoms with Gasteiger partial charge in [0.15, 0.2) is 5.76 Å². The van der Waals surface area contributed by atoms with Crippen LogP contribution in [0.15, 0.2) is 41.3 Å². The topological polar surface area (TPSA) is 71.7 Å². The molecule has 2 aliphatic rings. The van der Waals surface area contributed by atoms with E-state index in [1.54, 1.807) is 24.5 Å². The maximum absolute atomic E-state index is 12.4. The molecule has 0 atom stereocenters. The summed E-state index contributed by atoms with van der Waals surface area (Å²) in [5, 5.41) is 0. The zero-order chi connectivity index (χ0) is 16.4. The molecule has 7 nitrogen and oxygen atoms in total. The highest BCUT2D eigenvalue weighted by Crippen LogP contribution is 2.31. The number of carbonyl (C=O) groups is 1. The number of hydrogen-bond donors (Lipinski definition) is 0. The van der Waals surface area contributed by atoms with Gasteiger partial charge in [-0.15, -0.1) is 0 Å². The lowest BCUT2D eigenvalue weighted by Gasteiger charge is -2.47. The molecule has 2 fully saturated rings. The van der Waals surface area contributed by atoms with Gasteiger partial charge >= 0.3 is 0 Å². The van der Waals surface area contributed by atoms with Gasteiger partial charge in [0.05, 0.1) is 25.0 Å². The summed E-state index contributed by atoms with van der Waals surface area (Å²) in [6.45, 7) is 3.55. The normalized spacial score (nSPS) is 20.3. The van der Waals surface area contributed by atoms with E-state index in [0.717, 1.165) is 31.9 Å². The van der Waals surface area contributed by atoms with Crippen LogP contribution in [-0.2, 0) is 4.74 Å². The van der Waals surface area contributed by atoms with Crippen molar-refractivity contribution in [2.45, 2.75) is 18.4 Å². The highest BCUT2D eigenvalue weighted by atomic mass is 16.5. The number of hydrogen-bond acceptors (Lipinski definition) is 6. The zero-order valence-electron chi connectivity index (χ0n) is 13.4. The van der Waals surface area contributed by atoms with Gasteiger partial charge in [0.2, 0.25) is 5.95 Å². The molecule has 1 spiro atoms. The van der Waals surface area contributed by atoms with Crippen molar-refractivity contribution in [3.8, 4) is 0 Å². The minimum absolute atomic E-state index is 0.0473. The number of carbonyl (C=O) groups excluding carboxylic acids is 1. The Morgan fingerprint density at radius 1 is 1.12 bits per heavy atom. The SMILES string of the molecule is O=C(c1ccco1)N1CCC2(CC1)CN(c1ncccn1)CCO2. The maximum atomic E-state index is 12.4. The predicted octanol–water partition coefficient (Wildman–Crippen LogP) is 1.58. The van der Waals surface area contributed by atoms with Gasteiger partial charge in [-0.2, -0.15) is 0 Å². The molecule has 7 heteroatoms. The number of furan rings is 1. The Kier molecular flexibility index (Phi) is 3.93. The van der Waals surface area contributed by atoms with Crippen molar-refractivity contribution in [2.75, 3.05) is 37.7 Å². The number of ether oxygens (including phenoxy) is 1. The molecule has 24 heavy (non-hydrogen) atoms. The van der Waals surface area contributed by atoms with Gasteiger partial charge in [-0.05, 0) is 31.0 Å². The Morgan fingerprint density at radius 3 is 2.62 bits per heavy atom. The quantitative estimate of drug-likeness (QED) is 0.833. The van der Waals surface area contributed by atoms with Crippen LogP contribution in [0.4, 0.5) is 5.95 Å². The number of aromatic nitrogens is 2. The first kappa shape index (κ1) is 15.1. The molecule has 2 aliphatic heterocycles. The van der Waals surface area contributed by atoms with Gasteiger partial charge in [-0.25, -0.2) is 9.97 Å². The van der Waals surface area contributed by atoms with Gasteiger partial charge in [-0.3, -0.25) is 4.79 Å². The molecule has 1 amide bonds. The summed E-state index contributed by atoms with van der Waals surface area (Å²) in [6, 6.07) is 5.26. The van der Waals surface area contributed by atoms with Gasteiger partial charge in [-0.1, -0.05) is 0 Å². The summed E-state index contributed by atoms with van der Waals surface area (Å²) in [4.78, 5) is 25.1. The molecule has 0 N–H and O–H groups in total. The molecule has 0 aromatic carbocycles. The van der Waals surface area contributed by atoms with E-state index in [1.165, 1.54) is 6.26 Å². The van der Waals surface area contributed by atoms with Crippen LogP contribution in [0.2, 0.25) is 0 Å². The molecule has 126 valence electrons. The van der Waals surface area contributed by atoms with E-state index < -0.39 is 0 Å². The molecule has 0 saturated carbocycles. The minimum atomic E-state index is -0.225. The number of rotatable bonds is 2. The summed E-state index contributed by atoms with van der Waals surface area (Å²) in [5.41, 5.74) is -0.225. The van der Waals surface area contributed by atoms with E-state index >= 15 is 0 Å². The molecule has 0 radical (unpaired) electrons. The van der Waals surface area contributed by atoms with Crippen molar-refractivity contribution in [1.29, 1.82) is 0 Å². The fourth-order valence-electron chi connectivity index (χ4n) is 3.45. The second-order valence-electron chi connectivity index (χ2n) is 6.27. The van der Waals surface area contributed by atoms with Gasteiger partial charge in [0.25, 0.3) is 5.91 Å². The number of amides is 1. The predicted molar refractivity (Wildman–Crippen MR) is 86.8 cm³/mol. The summed E-state index contributed by atoms with van der Waals surface area (Å²) in [6.07, 6.45) is 6.66. The first-order valence-electron chi connectivity index (χ1n) is 8.25. The van der Waals surface area contributed by atoms with E-state index in [9.17, 15) is 4.79 Å². The smallest absolute Gasteiger partial charge is 0.289 e. The second-order valence-corrected chi connectivity index (χ2v) is 6.27. The van der Waals surface area contributed by atoms with E-state index in [0.29, 0.717) is 25.5 Å². The number of morpholine rings is 1. The number of piperidine rings is 1. The Bertz CT molecular complexity index is 681. The van der Waals surface area contributed by atoms with Gasteiger partial charge in [0.1, 0.15) is 0 Å². The van der Waals surface area contributed by atoms with Crippen LogP contribution in [0.1, 0.15) is 23.4 Å². The minimum Gasteiger partial charge on any atom is -0.459 e. The first-order chi connectivity index (χ1) is 11.8. The Hall–Kier alpha value is -2.41. The third kappa shape index (κ3) is 2.87. The fourth-order valence-corrected chi connectivity index (χ4v) is 3.45. The molecule has 2 aromatic rings. The molecule has 4 rings (SSSR count). The van der Waals surface area contributed by atoms with Crippen molar-refractivity contribution in [2.24, 2.45) is 0 Å². The average Bonchev–Trinajstić information content (AvgIpc) is 3.17. The summed E-state index contributed by atoms with van der Waals surface area (Å²) < 4.78 is 11.3. The van der Waals surface area contributed by atoms with E-state index in [4.69, 9.17) is 9.15 Å². The van der Waals surface area contributed by atoms with Crippen molar-refractivity contribution < 1.29 is 13.9 Å². The highest BCUT2D eigenvalue weighted by Gasteiger charge is 2.41. The fraction of sp³-hybridized carbons (Fsp3) is 0.471. The molecule has 0 bridgehead atoms. The van der Waals surface area contributed by atoms with Crippen molar-refractivity contribution >= 4 is 11.9 Å². The zero-order valence-corrected chi connectivity index (χ0v) is 13.4. The van der Waals surface area contributed by atoms with E-state index in [-0.39, 0.29) is 11.5 Å². The van der Waals surface area contributed by atoms with Crippen molar-refractivity contribution in [1.82, 2.24) is 14.9 Å². The van der Waals surface area contributed by atoms with Crippen LogP contribution < -0.4 is 4.90 Å². The number of nitrogens with zero attached hydrogens (tertiary/aromatic N) is 4. The Morgan fingerprint density at radius 2 is 1.92 bits per heavy atom. The molecule has 2 aromatic heterocycles. The van der Waals surface area contributed by atoms with Crippen LogP contribution in [0.3, 0.4) is 0 Å². The first-order valence-corrected chi connectivity index (χ1v) is 8.25. The van der Waals surface area contributed by atoms with Crippen molar-refractivity contribution in [3.05, 3.63) is 42.6 Å². The monoisotopic (exact) mass is 328 g/mol. The van der Waals surface area contributed by atoms with Crippen LogP contribution >= 0.6 is 0 Å². The lowest BCUT2D eigenvalue weighted by molar-refractivity contribution is -0.0873. The van der Waals surface area contributed by atoms with Crippen LogP contribution in [0.25, 0.3) is 0 Å². The molecule has 0 unspecified atom stereocenters. The molecule has 4 heterocycles. The molecule has 2 saturated heterocycles. The van der Waals surface area contributed by atoms with Crippen LogP contribution in [0.5, 0.6) is 0 Å². The van der Waals surface area contributed by atoms with E-state index in [1.807, 2.05) is 11.0 Å². The lowest BCUT2D eigenvalue weighted by Crippen LogP contribution is -2.58. The maximum Gasteiger partial charge on any atom is 0.289 e. The van der Waals surface area contributed by atoms with Gasteiger partial charge < -0.3 is 19.0 Å².